The van der Waals surface area contributed by atoms with E-state index in [4.69, 9.17) is 0 Å². The Morgan fingerprint density at radius 2 is 1.94 bits per heavy atom. The van der Waals surface area contributed by atoms with Gasteiger partial charge in [-0.1, -0.05) is 18.2 Å². The first-order valence-electron chi connectivity index (χ1n) is 5.74. The van der Waals surface area contributed by atoms with Crippen molar-refractivity contribution in [2.75, 3.05) is 0 Å². The van der Waals surface area contributed by atoms with Crippen LogP contribution in [0, 0.1) is 0 Å². The molecule has 0 fully saturated rings. The number of aryl methyl sites for hydroxylation is 1. The van der Waals surface area contributed by atoms with Gasteiger partial charge in [-0.15, -0.1) is 11.3 Å². The molecule has 3 aromatic heterocycles. The lowest BCUT2D eigenvalue weighted by Crippen LogP contribution is -2.18. The van der Waals surface area contributed by atoms with Gasteiger partial charge in [0.25, 0.3) is 5.56 Å². The molecule has 1 aromatic carbocycles. The van der Waals surface area contributed by atoms with E-state index in [1.54, 1.807) is 15.9 Å². The van der Waals surface area contributed by atoms with Crippen LogP contribution in [-0.2, 0) is 7.05 Å². The third-order valence-corrected chi connectivity index (χ3v) is 4.61. The van der Waals surface area contributed by atoms with Crippen molar-refractivity contribution in [2.24, 2.45) is 7.05 Å². The predicted octanol–water partition coefficient (Wildman–Crippen LogP) is 3.01. The number of thiophene rings is 1. The molecule has 0 spiro atoms. The van der Waals surface area contributed by atoms with E-state index in [2.05, 4.69) is 12.1 Å². The first-order valence-corrected chi connectivity index (χ1v) is 6.56. The minimum Gasteiger partial charge on any atom is -0.309 e. The van der Waals surface area contributed by atoms with Gasteiger partial charge < -0.3 is 4.40 Å². The molecule has 4 aromatic rings. The van der Waals surface area contributed by atoms with E-state index in [0.29, 0.717) is 0 Å². The summed E-state index contributed by atoms with van der Waals surface area (Å²) in [6, 6.07) is 12.1. The van der Waals surface area contributed by atoms with E-state index in [9.17, 15) is 4.79 Å². The molecule has 4 heteroatoms. The number of hydrogen-bond acceptors (Lipinski definition) is 2. The van der Waals surface area contributed by atoms with Gasteiger partial charge in [0.15, 0.2) is 0 Å². The van der Waals surface area contributed by atoms with Crippen LogP contribution in [0.25, 0.3) is 25.9 Å². The molecular formula is C14H10N2OS. The molecular weight excluding hydrogens is 244 g/mol. The van der Waals surface area contributed by atoms with Crippen LogP contribution in [0.5, 0.6) is 0 Å². The molecule has 0 saturated heterocycles. The summed E-state index contributed by atoms with van der Waals surface area (Å²) in [5.74, 6) is 0. The lowest BCUT2D eigenvalue weighted by molar-refractivity contribution is 0.910. The van der Waals surface area contributed by atoms with Crippen LogP contribution in [0.15, 0.2) is 47.4 Å². The van der Waals surface area contributed by atoms with Gasteiger partial charge in [-0.05, 0) is 18.2 Å². The van der Waals surface area contributed by atoms with Crippen molar-refractivity contribution in [1.82, 2.24) is 8.97 Å². The van der Waals surface area contributed by atoms with E-state index < -0.39 is 0 Å². The molecule has 3 heterocycles. The second-order valence-corrected chi connectivity index (χ2v) is 5.41. The molecule has 4 rings (SSSR count). The molecule has 0 aliphatic carbocycles. The van der Waals surface area contributed by atoms with Gasteiger partial charge in [-0.3, -0.25) is 9.36 Å². The molecule has 0 aliphatic heterocycles. The summed E-state index contributed by atoms with van der Waals surface area (Å²) in [6.07, 6.45) is 1.96. The second-order valence-electron chi connectivity index (χ2n) is 4.38. The summed E-state index contributed by atoms with van der Waals surface area (Å²) < 4.78 is 4.95. The third-order valence-electron chi connectivity index (χ3n) is 3.37. The van der Waals surface area contributed by atoms with E-state index >= 15 is 0 Å². The standard InChI is InChI=1S/C14H10N2OS/c1-15-13(17)10-6-4-8-16(10)12-9-5-2-3-7-11(9)18-14(12)15/h2-8H,1H3. The number of rotatable bonds is 0. The Hall–Kier alpha value is -2.07. The number of benzene rings is 1. The van der Waals surface area contributed by atoms with Gasteiger partial charge in [0.05, 0.1) is 5.52 Å². The van der Waals surface area contributed by atoms with Gasteiger partial charge in [-0.25, -0.2) is 0 Å². The van der Waals surface area contributed by atoms with Gasteiger partial charge in [0.1, 0.15) is 10.3 Å². The van der Waals surface area contributed by atoms with E-state index in [1.807, 2.05) is 41.9 Å². The number of nitrogens with zero attached hydrogens (tertiary/aromatic N) is 2. The highest BCUT2D eigenvalue weighted by Crippen LogP contribution is 2.32. The van der Waals surface area contributed by atoms with Crippen LogP contribution >= 0.6 is 11.3 Å². The molecule has 88 valence electrons. The van der Waals surface area contributed by atoms with Crippen molar-refractivity contribution in [3.8, 4) is 0 Å². The fourth-order valence-corrected chi connectivity index (χ4v) is 3.65. The largest absolute Gasteiger partial charge is 0.309 e. The molecule has 0 saturated carbocycles. The van der Waals surface area contributed by atoms with Crippen LogP contribution < -0.4 is 5.56 Å². The van der Waals surface area contributed by atoms with E-state index in [0.717, 1.165) is 15.9 Å². The molecule has 0 bridgehead atoms. The summed E-state index contributed by atoms with van der Waals surface area (Å²) in [6.45, 7) is 0. The molecule has 0 atom stereocenters. The third kappa shape index (κ3) is 1.06. The lowest BCUT2D eigenvalue weighted by atomic mass is 10.2. The van der Waals surface area contributed by atoms with Crippen molar-refractivity contribution < 1.29 is 0 Å². The van der Waals surface area contributed by atoms with Crippen LogP contribution in [0.1, 0.15) is 0 Å². The van der Waals surface area contributed by atoms with Gasteiger partial charge >= 0.3 is 0 Å². The highest BCUT2D eigenvalue weighted by atomic mass is 32.1. The normalized spacial score (nSPS) is 11.8. The van der Waals surface area contributed by atoms with Crippen LogP contribution in [0.4, 0.5) is 0 Å². The van der Waals surface area contributed by atoms with Crippen molar-refractivity contribution in [3.05, 3.63) is 52.9 Å². The molecule has 0 unspecified atom stereocenters. The summed E-state index contributed by atoms with van der Waals surface area (Å²) in [4.78, 5) is 13.2. The molecule has 18 heavy (non-hydrogen) atoms. The Bertz CT molecular complexity index is 958. The summed E-state index contributed by atoms with van der Waals surface area (Å²) >= 11 is 1.66. The molecule has 0 aliphatic rings. The second kappa shape index (κ2) is 3.23. The Morgan fingerprint density at radius 3 is 2.83 bits per heavy atom. The first-order chi connectivity index (χ1) is 8.77. The molecule has 0 radical (unpaired) electrons. The summed E-state index contributed by atoms with van der Waals surface area (Å²) in [5.41, 5.74) is 1.91. The minimum absolute atomic E-state index is 0.0547. The summed E-state index contributed by atoms with van der Waals surface area (Å²) in [5, 5.41) is 1.20. The van der Waals surface area contributed by atoms with E-state index in [-0.39, 0.29) is 5.56 Å². The maximum Gasteiger partial charge on any atom is 0.275 e. The Labute approximate surface area is 107 Å². The Balaban J connectivity index is 2.49. The van der Waals surface area contributed by atoms with E-state index in [1.165, 1.54) is 10.1 Å². The average molecular weight is 254 g/mol. The van der Waals surface area contributed by atoms with Gasteiger partial charge in [0.2, 0.25) is 0 Å². The molecule has 0 amide bonds. The highest BCUT2D eigenvalue weighted by Gasteiger charge is 2.13. The van der Waals surface area contributed by atoms with Crippen LogP contribution in [0.2, 0.25) is 0 Å². The summed E-state index contributed by atoms with van der Waals surface area (Å²) in [7, 11) is 1.84. The number of fused-ring (bicyclic) bond motifs is 5. The SMILES string of the molecule is Cn1c(=O)c2cccn2c2c3ccccc3sc21. The number of aromatic nitrogens is 2. The molecule has 0 N–H and O–H groups in total. The maximum absolute atomic E-state index is 12.2. The fourth-order valence-electron chi connectivity index (χ4n) is 2.49. The zero-order valence-corrected chi connectivity index (χ0v) is 10.6. The quantitative estimate of drug-likeness (QED) is 0.474. The Morgan fingerprint density at radius 1 is 1.11 bits per heavy atom. The topological polar surface area (TPSA) is 26.4 Å². The zero-order valence-electron chi connectivity index (χ0n) is 9.75. The van der Waals surface area contributed by atoms with Gasteiger partial charge in [0, 0.05) is 23.3 Å². The van der Waals surface area contributed by atoms with Crippen molar-refractivity contribution in [1.29, 1.82) is 0 Å². The van der Waals surface area contributed by atoms with Crippen molar-refractivity contribution >= 4 is 37.3 Å². The Kier molecular flexibility index (Phi) is 1.78. The van der Waals surface area contributed by atoms with Crippen LogP contribution in [0.3, 0.4) is 0 Å². The monoisotopic (exact) mass is 254 g/mol. The minimum atomic E-state index is 0.0547. The van der Waals surface area contributed by atoms with Crippen molar-refractivity contribution in [2.45, 2.75) is 0 Å². The first kappa shape index (κ1) is 9.91. The fraction of sp³-hybridized carbons (Fsp3) is 0.0714. The number of hydrogen-bond donors (Lipinski definition) is 0. The zero-order chi connectivity index (χ0) is 12.3. The highest BCUT2D eigenvalue weighted by molar-refractivity contribution is 7.25. The van der Waals surface area contributed by atoms with Gasteiger partial charge in [-0.2, -0.15) is 0 Å². The lowest BCUT2D eigenvalue weighted by Gasteiger charge is -2.03. The maximum atomic E-state index is 12.2. The van der Waals surface area contributed by atoms with Crippen LogP contribution in [-0.4, -0.2) is 8.97 Å². The smallest absolute Gasteiger partial charge is 0.275 e. The molecule has 3 nitrogen and oxygen atoms in total. The average Bonchev–Trinajstić information content (AvgIpc) is 2.99. The van der Waals surface area contributed by atoms with Crippen molar-refractivity contribution in [3.63, 3.8) is 0 Å². The predicted molar refractivity (Wildman–Crippen MR) is 75.5 cm³/mol.